The van der Waals surface area contributed by atoms with Crippen LogP contribution >= 0.6 is 22.2 Å². The summed E-state index contributed by atoms with van der Waals surface area (Å²) in [4.78, 5) is 0. The fourth-order valence-corrected chi connectivity index (χ4v) is 24.1. The van der Waals surface area contributed by atoms with Crippen LogP contribution in [0.15, 0.2) is 0 Å². The number of rotatable bonds is 12. The largest absolute Gasteiger partial charge is 0.343 e. The number of hydrogen-bond donors (Lipinski definition) is 0. The average Bonchev–Trinajstić information content (AvgIpc) is 2.54. The van der Waals surface area contributed by atoms with Gasteiger partial charge in [-0.15, -0.1) is 22.2 Å². The fourth-order valence-electron chi connectivity index (χ4n) is 4.39. The molecule has 0 bridgehead atoms. The molecule has 0 saturated heterocycles. The molecule has 0 radical (unpaired) electrons. The third-order valence-electron chi connectivity index (χ3n) is 6.18. The summed E-state index contributed by atoms with van der Waals surface area (Å²) in [6.07, 6.45) is 2.40. The molecule has 0 aliphatic rings. The summed E-state index contributed by atoms with van der Waals surface area (Å²) >= 11 is 13.4. The summed E-state index contributed by atoms with van der Waals surface area (Å²) in [7, 11) is -4.60. The minimum atomic E-state index is -1.70. The van der Waals surface area contributed by atoms with Gasteiger partial charge in [0.2, 0.25) is 0 Å². The van der Waals surface area contributed by atoms with E-state index in [1.165, 1.54) is 49.1 Å². The van der Waals surface area contributed by atoms with Crippen molar-refractivity contribution in [2.45, 2.75) is 103 Å². The van der Waals surface area contributed by atoms with Gasteiger partial charge in [0.05, 0.1) is 0 Å². The van der Waals surface area contributed by atoms with Crippen LogP contribution in [0, 0.1) is 0 Å². The van der Waals surface area contributed by atoms with Gasteiger partial charge in [-0.3, -0.25) is 0 Å². The fraction of sp³-hybridized carbons (Fsp3) is 1.00. The lowest BCUT2D eigenvalue weighted by atomic mass is 10.3. The lowest BCUT2D eigenvalue weighted by Gasteiger charge is -2.56. The Morgan fingerprint density at radius 1 is 0.727 bits per heavy atom. The van der Waals surface area contributed by atoms with Crippen LogP contribution < -0.4 is 0 Å². The second-order valence-electron chi connectivity index (χ2n) is 6.63. The Morgan fingerprint density at radius 2 is 1.05 bits per heavy atom. The Labute approximate surface area is 153 Å². The van der Waals surface area contributed by atoms with E-state index in [2.05, 4.69) is 52.7 Å². The second-order valence-corrected chi connectivity index (χ2v) is 22.1. The SMILES string of the molecule is CCCC(N([Si](CC)(CC)CC)[Si](CC)(CC)CC)[SiH](Cl)Cl. The lowest BCUT2D eigenvalue weighted by molar-refractivity contribution is 0.494. The first kappa shape index (κ1) is 23.2. The summed E-state index contributed by atoms with van der Waals surface area (Å²) in [5, 5.41) is 0. The van der Waals surface area contributed by atoms with Crippen LogP contribution in [-0.4, -0.2) is 33.8 Å². The van der Waals surface area contributed by atoms with Crippen molar-refractivity contribution in [2.24, 2.45) is 0 Å². The van der Waals surface area contributed by atoms with Crippen molar-refractivity contribution in [3.05, 3.63) is 0 Å². The van der Waals surface area contributed by atoms with Crippen LogP contribution in [0.5, 0.6) is 0 Å². The second kappa shape index (κ2) is 10.9. The molecule has 0 amide bonds. The normalized spacial score (nSPS) is 14.9. The minimum Gasteiger partial charge on any atom is -0.343 e. The number of hydrogen-bond acceptors (Lipinski definition) is 1. The molecule has 0 fully saturated rings. The van der Waals surface area contributed by atoms with Crippen LogP contribution in [0.1, 0.15) is 61.3 Å². The molecule has 1 atom stereocenters. The zero-order valence-electron chi connectivity index (χ0n) is 16.0. The molecule has 134 valence electrons. The molecule has 0 rings (SSSR count). The summed E-state index contributed by atoms with van der Waals surface area (Å²) in [5.74, 6) is 0. The van der Waals surface area contributed by atoms with Gasteiger partial charge in [-0.2, -0.15) is 0 Å². The van der Waals surface area contributed by atoms with Gasteiger partial charge in [0.1, 0.15) is 16.5 Å². The standard InChI is InChI=1S/C16H39Cl2NSi3/c1-8-15-16(20(17)18)19(21(9-2,10-3)11-4)22(12-5,13-6)14-7/h16,20H,8-15H2,1-7H3. The molecule has 0 aromatic carbocycles. The quantitative estimate of drug-likeness (QED) is 0.260. The first-order chi connectivity index (χ1) is 10.4. The molecule has 0 spiro atoms. The molecule has 0 aromatic rings. The van der Waals surface area contributed by atoms with E-state index in [1.54, 1.807) is 0 Å². The molecule has 6 heteroatoms. The smallest absolute Gasteiger partial charge is 0.252 e. The van der Waals surface area contributed by atoms with E-state index in [4.69, 9.17) is 22.2 Å². The molecule has 0 aromatic heterocycles. The van der Waals surface area contributed by atoms with E-state index in [0.29, 0.717) is 5.67 Å². The van der Waals surface area contributed by atoms with Crippen LogP contribution in [0.3, 0.4) is 0 Å². The molecule has 0 saturated carbocycles. The molecule has 0 aliphatic heterocycles. The highest BCUT2D eigenvalue weighted by atomic mass is 35.7. The van der Waals surface area contributed by atoms with Gasteiger partial charge in [0.25, 0.3) is 7.42 Å². The zero-order valence-corrected chi connectivity index (χ0v) is 20.7. The van der Waals surface area contributed by atoms with E-state index in [9.17, 15) is 0 Å². The third kappa shape index (κ3) is 4.85. The van der Waals surface area contributed by atoms with E-state index in [-0.39, 0.29) is 0 Å². The van der Waals surface area contributed by atoms with Crippen molar-refractivity contribution < 1.29 is 0 Å². The van der Waals surface area contributed by atoms with Crippen LogP contribution in [-0.2, 0) is 0 Å². The highest BCUT2D eigenvalue weighted by molar-refractivity contribution is 7.34. The number of nitrogens with zero attached hydrogens (tertiary/aromatic N) is 1. The first-order valence-corrected chi connectivity index (χ1v) is 18.7. The molecule has 0 aliphatic carbocycles. The minimum absolute atomic E-state index is 0.506. The predicted molar refractivity (Wildman–Crippen MR) is 114 cm³/mol. The van der Waals surface area contributed by atoms with Crippen molar-refractivity contribution in [3.63, 3.8) is 0 Å². The average molecular weight is 401 g/mol. The van der Waals surface area contributed by atoms with Gasteiger partial charge in [-0.25, -0.2) is 0 Å². The summed E-state index contributed by atoms with van der Waals surface area (Å²) < 4.78 is 3.11. The summed E-state index contributed by atoms with van der Waals surface area (Å²) in [6.45, 7) is 16.8. The molecule has 0 N–H and O–H groups in total. The summed E-state index contributed by atoms with van der Waals surface area (Å²) in [6, 6.07) is 8.11. The van der Waals surface area contributed by atoms with Crippen molar-refractivity contribution in [3.8, 4) is 0 Å². The lowest BCUT2D eigenvalue weighted by Crippen LogP contribution is -2.70. The Hall–Kier alpha value is 1.19. The van der Waals surface area contributed by atoms with E-state index >= 15 is 0 Å². The van der Waals surface area contributed by atoms with Gasteiger partial charge in [0, 0.05) is 5.67 Å². The Morgan fingerprint density at radius 3 is 1.23 bits per heavy atom. The van der Waals surface area contributed by atoms with Crippen LogP contribution in [0.25, 0.3) is 0 Å². The molecular weight excluding hydrogens is 361 g/mol. The third-order valence-corrected chi connectivity index (χ3v) is 23.2. The van der Waals surface area contributed by atoms with Gasteiger partial charge in [-0.05, 0) is 42.7 Å². The van der Waals surface area contributed by atoms with Crippen molar-refractivity contribution >= 4 is 46.0 Å². The molecular formula is C16H39Cl2NSi3. The number of halogens is 2. The predicted octanol–water partition coefficient (Wildman–Crippen LogP) is 6.70. The van der Waals surface area contributed by atoms with Crippen molar-refractivity contribution in [1.82, 2.24) is 4.23 Å². The van der Waals surface area contributed by atoms with Gasteiger partial charge in [-0.1, -0.05) is 54.9 Å². The van der Waals surface area contributed by atoms with Crippen LogP contribution in [0.2, 0.25) is 36.3 Å². The molecule has 1 nitrogen and oxygen atoms in total. The molecule has 0 heterocycles. The van der Waals surface area contributed by atoms with Gasteiger partial charge in [0.15, 0.2) is 0 Å². The highest BCUT2D eigenvalue weighted by Gasteiger charge is 2.50. The zero-order chi connectivity index (χ0) is 17.4. The maximum Gasteiger partial charge on any atom is 0.252 e. The van der Waals surface area contributed by atoms with E-state index < -0.39 is 23.9 Å². The monoisotopic (exact) mass is 399 g/mol. The van der Waals surface area contributed by atoms with E-state index in [1.807, 2.05) is 0 Å². The molecule has 1 unspecified atom stereocenters. The maximum atomic E-state index is 6.68. The maximum absolute atomic E-state index is 6.68. The van der Waals surface area contributed by atoms with Gasteiger partial charge >= 0.3 is 0 Å². The van der Waals surface area contributed by atoms with E-state index in [0.717, 1.165) is 0 Å². The van der Waals surface area contributed by atoms with Crippen molar-refractivity contribution in [1.29, 1.82) is 0 Å². The van der Waals surface area contributed by atoms with Crippen molar-refractivity contribution in [2.75, 3.05) is 0 Å². The Kier molecular flexibility index (Phi) is 11.5. The van der Waals surface area contributed by atoms with Crippen LogP contribution in [0.4, 0.5) is 0 Å². The Bertz CT molecular complexity index is 259. The highest BCUT2D eigenvalue weighted by Crippen LogP contribution is 2.40. The molecule has 22 heavy (non-hydrogen) atoms. The summed E-state index contributed by atoms with van der Waals surface area (Å²) in [5.41, 5.74) is 0.506. The van der Waals surface area contributed by atoms with Gasteiger partial charge < -0.3 is 4.23 Å². The Balaban J connectivity index is 6.15. The topological polar surface area (TPSA) is 3.24 Å². The first-order valence-electron chi connectivity index (χ1n) is 9.45.